The van der Waals surface area contributed by atoms with E-state index in [0.717, 1.165) is 58.9 Å². The molecular weight excluding hydrogens is 346 g/mol. The molecule has 0 aliphatic carbocycles. The van der Waals surface area contributed by atoms with Gasteiger partial charge in [-0.1, -0.05) is 19.9 Å². The van der Waals surface area contributed by atoms with Gasteiger partial charge >= 0.3 is 7.69 Å². The van der Waals surface area contributed by atoms with Crippen LogP contribution in [0.1, 0.15) is 32.3 Å². The third kappa shape index (κ3) is 7.10. The minimum Gasteiger partial charge on any atom is -0.537 e. The molecular formula is C17H28BCl2N2O2. The van der Waals surface area contributed by atoms with E-state index in [1.807, 2.05) is 12.1 Å². The SMILES string of the molecule is CCCN(CCC)c1cc(O[B]O)ccc1CN(CCCl)CCCl. The Labute approximate surface area is 157 Å². The van der Waals surface area contributed by atoms with Gasteiger partial charge in [0.2, 0.25) is 0 Å². The summed E-state index contributed by atoms with van der Waals surface area (Å²) in [7, 11) is 0.718. The number of alkyl halides is 2. The summed E-state index contributed by atoms with van der Waals surface area (Å²) >= 11 is 11.8. The maximum Gasteiger partial charge on any atom is 0.569 e. The molecule has 0 heterocycles. The van der Waals surface area contributed by atoms with E-state index in [-0.39, 0.29) is 0 Å². The van der Waals surface area contributed by atoms with Crippen molar-refractivity contribution in [2.75, 3.05) is 42.8 Å². The van der Waals surface area contributed by atoms with E-state index in [9.17, 15) is 0 Å². The molecule has 7 heteroatoms. The van der Waals surface area contributed by atoms with Gasteiger partial charge in [0.1, 0.15) is 5.75 Å². The van der Waals surface area contributed by atoms with Crippen molar-refractivity contribution in [3.8, 4) is 5.75 Å². The van der Waals surface area contributed by atoms with Crippen LogP contribution in [0.5, 0.6) is 5.75 Å². The predicted octanol–water partition coefficient (Wildman–Crippen LogP) is 3.50. The Bertz CT molecular complexity index is 454. The normalized spacial score (nSPS) is 10.9. The van der Waals surface area contributed by atoms with Crippen molar-refractivity contribution in [2.24, 2.45) is 0 Å². The molecule has 0 saturated carbocycles. The maximum atomic E-state index is 8.91. The molecule has 1 rings (SSSR count). The van der Waals surface area contributed by atoms with E-state index >= 15 is 0 Å². The van der Waals surface area contributed by atoms with Crippen LogP contribution in [0.3, 0.4) is 0 Å². The summed E-state index contributed by atoms with van der Waals surface area (Å²) in [4.78, 5) is 4.63. The van der Waals surface area contributed by atoms with Gasteiger partial charge in [0, 0.05) is 56.2 Å². The van der Waals surface area contributed by atoms with Gasteiger partial charge in [0.05, 0.1) is 0 Å². The number of halogens is 2. The summed E-state index contributed by atoms with van der Waals surface area (Å²) in [5.41, 5.74) is 2.37. The number of nitrogens with zero attached hydrogens (tertiary/aromatic N) is 2. The second-order valence-electron chi connectivity index (χ2n) is 5.65. The second kappa shape index (κ2) is 12.7. The molecule has 0 spiro atoms. The van der Waals surface area contributed by atoms with E-state index in [4.69, 9.17) is 32.9 Å². The molecule has 0 aliphatic heterocycles. The Morgan fingerprint density at radius 1 is 1.04 bits per heavy atom. The summed E-state index contributed by atoms with van der Waals surface area (Å²) < 4.78 is 5.16. The molecule has 4 nitrogen and oxygen atoms in total. The van der Waals surface area contributed by atoms with Crippen LogP contribution in [0, 0.1) is 0 Å². The van der Waals surface area contributed by atoms with E-state index in [0.29, 0.717) is 17.5 Å². The quantitative estimate of drug-likeness (QED) is 0.424. The Hall–Kier alpha value is -0.615. The lowest BCUT2D eigenvalue weighted by Crippen LogP contribution is -2.30. The van der Waals surface area contributed by atoms with Gasteiger partial charge in [-0.15, -0.1) is 23.2 Å². The van der Waals surface area contributed by atoms with Gasteiger partial charge < -0.3 is 14.6 Å². The van der Waals surface area contributed by atoms with Crippen molar-refractivity contribution in [3.63, 3.8) is 0 Å². The molecule has 1 N–H and O–H groups in total. The predicted molar refractivity (Wildman–Crippen MR) is 105 cm³/mol. The van der Waals surface area contributed by atoms with Gasteiger partial charge in [-0.05, 0) is 24.5 Å². The van der Waals surface area contributed by atoms with Crippen LogP contribution in [0.2, 0.25) is 0 Å². The van der Waals surface area contributed by atoms with Gasteiger partial charge in [-0.25, -0.2) is 0 Å². The number of hydrogen-bond donors (Lipinski definition) is 1. The van der Waals surface area contributed by atoms with Gasteiger partial charge in [-0.3, -0.25) is 4.90 Å². The van der Waals surface area contributed by atoms with Crippen molar-refractivity contribution in [2.45, 2.75) is 33.2 Å². The molecule has 1 radical (unpaired) electrons. The highest BCUT2D eigenvalue weighted by molar-refractivity contribution is 6.18. The topological polar surface area (TPSA) is 35.9 Å². The lowest BCUT2D eigenvalue weighted by molar-refractivity contribution is 0.299. The number of rotatable bonds is 13. The first-order chi connectivity index (χ1) is 11.7. The lowest BCUT2D eigenvalue weighted by atomic mass is 10.1. The first-order valence-corrected chi connectivity index (χ1v) is 9.61. The van der Waals surface area contributed by atoms with Crippen LogP contribution in [-0.4, -0.2) is 55.5 Å². The van der Waals surface area contributed by atoms with E-state index < -0.39 is 0 Å². The molecule has 0 amide bonds. The van der Waals surface area contributed by atoms with Crippen LogP contribution in [-0.2, 0) is 6.54 Å². The molecule has 0 fully saturated rings. The lowest BCUT2D eigenvalue weighted by Gasteiger charge is -2.29. The van der Waals surface area contributed by atoms with Crippen molar-refractivity contribution >= 4 is 36.6 Å². The first-order valence-electron chi connectivity index (χ1n) is 8.54. The number of anilines is 1. The van der Waals surface area contributed by atoms with Gasteiger partial charge in [0.25, 0.3) is 0 Å². The molecule has 1 aromatic rings. The molecule has 0 saturated heterocycles. The molecule has 1 aromatic carbocycles. The zero-order valence-corrected chi connectivity index (χ0v) is 16.2. The fourth-order valence-corrected chi connectivity index (χ4v) is 3.23. The first kappa shape index (κ1) is 21.4. The number of benzene rings is 1. The molecule has 0 unspecified atom stereocenters. The van der Waals surface area contributed by atoms with Crippen molar-refractivity contribution in [3.05, 3.63) is 23.8 Å². The average molecular weight is 374 g/mol. The summed E-state index contributed by atoms with van der Waals surface area (Å²) in [6, 6.07) is 5.93. The maximum absolute atomic E-state index is 8.91. The Morgan fingerprint density at radius 3 is 2.17 bits per heavy atom. The summed E-state index contributed by atoms with van der Waals surface area (Å²) in [6.45, 7) is 8.73. The molecule has 0 atom stereocenters. The van der Waals surface area contributed by atoms with Gasteiger partial charge in [-0.2, -0.15) is 0 Å². The summed E-state index contributed by atoms with van der Waals surface area (Å²) in [6.07, 6.45) is 2.15. The Morgan fingerprint density at radius 2 is 1.67 bits per heavy atom. The zero-order valence-electron chi connectivity index (χ0n) is 14.7. The third-order valence-corrected chi connectivity index (χ3v) is 4.11. The zero-order chi connectivity index (χ0) is 17.8. The fraction of sp³-hybridized carbons (Fsp3) is 0.647. The highest BCUT2D eigenvalue weighted by Crippen LogP contribution is 2.28. The van der Waals surface area contributed by atoms with Crippen molar-refractivity contribution in [1.29, 1.82) is 0 Å². The van der Waals surface area contributed by atoms with Crippen LogP contribution in [0.4, 0.5) is 5.69 Å². The third-order valence-electron chi connectivity index (χ3n) is 3.77. The molecule has 0 bridgehead atoms. The molecule has 0 aliphatic rings. The fourth-order valence-electron chi connectivity index (χ4n) is 2.75. The van der Waals surface area contributed by atoms with Crippen LogP contribution in [0.25, 0.3) is 0 Å². The number of hydrogen-bond acceptors (Lipinski definition) is 4. The monoisotopic (exact) mass is 373 g/mol. The van der Waals surface area contributed by atoms with E-state index in [2.05, 4.69) is 29.7 Å². The Balaban J connectivity index is 3.10. The van der Waals surface area contributed by atoms with E-state index in [1.165, 1.54) is 5.56 Å². The van der Waals surface area contributed by atoms with E-state index in [1.54, 1.807) is 0 Å². The van der Waals surface area contributed by atoms with Crippen LogP contribution in [0.15, 0.2) is 18.2 Å². The van der Waals surface area contributed by atoms with Gasteiger partial charge in [0.15, 0.2) is 0 Å². The smallest absolute Gasteiger partial charge is 0.537 e. The largest absolute Gasteiger partial charge is 0.569 e. The second-order valence-corrected chi connectivity index (χ2v) is 6.41. The summed E-state index contributed by atoms with van der Waals surface area (Å²) in [5.74, 6) is 1.80. The minimum atomic E-state index is 0.584. The average Bonchev–Trinajstić information content (AvgIpc) is 2.57. The highest BCUT2D eigenvalue weighted by Gasteiger charge is 2.15. The van der Waals surface area contributed by atoms with Crippen molar-refractivity contribution in [1.82, 2.24) is 4.90 Å². The summed E-state index contributed by atoms with van der Waals surface area (Å²) in [5, 5.41) is 8.91. The molecule has 24 heavy (non-hydrogen) atoms. The standard InChI is InChI=1S/C17H28BCl2N2O2/c1-3-9-22(10-4-2)17-13-16(24-18-23)6-5-15(17)14-21(11-7-19)12-8-20/h5-6,13,23H,3-4,7-12,14H2,1-2H3. The molecule has 0 aromatic heterocycles. The van der Waals surface area contributed by atoms with Crippen LogP contribution < -0.4 is 9.55 Å². The molecule has 135 valence electrons. The van der Waals surface area contributed by atoms with Crippen molar-refractivity contribution < 1.29 is 9.68 Å². The Kier molecular flexibility index (Phi) is 11.3. The minimum absolute atomic E-state index is 0.584. The van der Waals surface area contributed by atoms with Crippen LogP contribution >= 0.6 is 23.2 Å². The highest BCUT2D eigenvalue weighted by atomic mass is 35.5.